The number of hydrogen-bond acceptors (Lipinski definition) is 9. The summed E-state index contributed by atoms with van der Waals surface area (Å²) in [5, 5.41) is 3.70. The van der Waals surface area contributed by atoms with Crippen LogP contribution in [0.5, 0.6) is 0 Å². The lowest BCUT2D eigenvalue weighted by Gasteiger charge is -2.48. The summed E-state index contributed by atoms with van der Waals surface area (Å²) in [6.07, 6.45) is 12.7. The van der Waals surface area contributed by atoms with Gasteiger partial charge in [-0.2, -0.15) is 0 Å². The molecule has 13 nitrogen and oxygen atoms in total. The van der Waals surface area contributed by atoms with E-state index in [1.165, 1.54) is 32.4 Å². The Morgan fingerprint density at radius 1 is 0.949 bits per heavy atom. The molecule has 318 valence electrons. The van der Waals surface area contributed by atoms with Crippen molar-refractivity contribution in [2.75, 3.05) is 63.1 Å². The van der Waals surface area contributed by atoms with Gasteiger partial charge >= 0.3 is 6.09 Å². The molecule has 3 saturated heterocycles. The number of benzene rings is 1. The number of likely N-dealkylation sites (N-methyl/N-ethyl adjacent to an activating group) is 1. The molecule has 6 aliphatic rings. The van der Waals surface area contributed by atoms with Crippen LogP contribution >= 0.6 is 0 Å². The Hall–Kier alpha value is -4.23. The van der Waals surface area contributed by atoms with Gasteiger partial charge in [0.2, 0.25) is 11.8 Å². The molecule has 13 heteroatoms. The van der Waals surface area contributed by atoms with Gasteiger partial charge in [-0.3, -0.25) is 14.5 Å². The zero-order chi connectivity index (χ0) is 41.2. The van der Waals surface area contributed by atoms with Crippen LogP contribution in [0.15, 0.2) is 30.6 Å². The third-order valence-electron chi connectivity index (χ3n) is 14.2. The summed E-state index contributed by atoms with van der Waals surface area (Å²) in [6, 6.07) is 10.3. The van der Waals surface area contributed by atoms with Gasteiger partial charge in [0.1, 0.15) is 11.1 Å². The number of aromatic nitrogens is 3. The lowest BCUT2D eigenvalue weighted by Crippen LogP contribution is -2.58. The predicted octanol–water partition coefficient (Wildman–Crippen LogP) is 6.81. The Labute approximate surface area is 349 Å². The Kier molecular flexibility index (Phi) is 10.7. The van der Waals surface area contributed by atoms with E-state index in [-0.39, 0.29) is 36.0 Å². The average Bonchev–Trinajstić information content (AvgIpc) is 3.86. The highest BCUT2D eigenvalue weighted by Gasteiger charge is 2.55. The molecule has 6 heterocycles. The van der Waals surface area contributed by atoms with Gasteiger partial charge in [0.25, 0.3) is 0 Å². The van der Waals surface area contributed by atoms with Gasteiger partial charge in [-0.1, -0.05) is 18.6 Å². The average molecular weight is 808 g/mol. The largest absolute Gasteiger partial charge is 0.444 e. The molecule has 1 N–H and O–H groups in total. The summed E-state index contributed by atoms with van der Waals surface area (Å²) in [6.45, 7) is 15.2. The second-order valence-electron chi connectivity index (χ2n) is 19.7. The summed E-state index contributed by atoms with van der Waals surface area (Å²) in [4.78, 5) is 62.2. The van der Waals surface area contributed by atoms with E-state index in [1.807, 2.05) is 39.0 Å². The Morgan fingerprint density at radius 2 is 1.66 bits per heavy atom. The molecule has 3 amide bonds. The van der Waals surface area contributed by atoms with Crippen molar-refractivity contribution < 1.29 is 19.1 Å². The molecule has 0 atom stereocenters. The summed E-state index contributed by atoms with van der Waals surface area (Å²) < 4.78 is 7.78. The van der Waals surface area contributed by atoms with Gasteiger partial charge in [0, 0.05) is 74.7 Å². The Morgan fingerprint density at radius 3 is 2.32 bits per heavy atom. The van der Waals surface area contributed by atoms with Crippen LogP contribution in [0.25, 0.3) is 22.3 Å². The number of nitrogens with one attached hydrogen (secondary N) is 1. The van der Waals surface area contributed by atoms with Crippen molar-refractivity contribution in [3.8, 4) is 11.3 Å². The highest BCUT2D eigenvalue weighted by atomic mass is 16.6. The van der Waals surface area contributed by atoms with Crippen LogP contribution in [0.4, 0.5) is 16.3 Å². The summed E-state index contributed by atoms with van der Waals surface area (Å²) in [5.41, 5.74) is 4.90. The van der Waals surface area contributed by atoms with Gasteiger partial charge in [0.05, 0.1) is 29.5 Å². The van der Waals surface area contributed by atoms with Crippen LogP contribution in [-0.2, 0) is 19.7 Å². The molecule has 3 aromatic rings. The molecule has 2 saturated carbocycles. The van der Waals surface area contributed by atoms with E-state index in [2.05, 4.69) is 62.7 Å². The molecule has 1 spiro atoms. The molecular formula is C46H65N9O4. The SMILES string of the molecule is CC(C)n1cnc2cc(-c3ccc4c(c3)N([C@H]3C[C@@H](N5CCCCC5)C3)C(=O)C43CCN(CC(=O)N(C)C4CCN(C(=O)OC(C)(C)C)CC4)CC3)nc(NC3CC3)c21. The van der Waals surface area contributed by atoms with Crippen molar-refractivity contribution in [2.45, 2.75) is 146 Å². The van der Waals surface area contributed by atoms with Crippen LogP contribution in [0.1, 0.15) is 117 Å². The number of rotatable bonds is 9. The third-order valence-corrected chi connectivity index (χ3v) is 14.2. The lowest BCUT2D eigenvalue weighted by molar-refractivity contribution is -0.134. The second-order valence-corrected chi connectivity index (χ2v) is 19.7. The fourth-order valence-electron chi connectivity index (χ4n) is 10.4. The molecule has 0 radical (unpaired) electrons. The van der Waals surface area contributed by atoms with Gasteiger partial charge in [-0.05, 0) is 130 Å². The van der Waals surface area contributed by atoms with E-state index in [0.717, 1.165) is 77.9 Å². The number of ether oxygens (including phenoxy) is 1. The fraction of sp³-hybridized carbons (Fsp3) is 0.674. The van der Waals surface area contributed by atoms with Gasteiger partial charge < -0.3 is 34.2 Å². The van der Waals surface area contributed by atoms with Gasteiger partial charge in [0.15, 0.2) is 5.82 Å². The lowest BCUT2D eigenvalue weighted by atomic mass is 9.73. The van der Waals surface area contributed by atoms with E-state index in [1.54, 1.807) is 4.90 Å². The van der Waals surface area contributed by atoms with Gasteiger partial charge in [-0.15, -0.1) is 0 Å². The molecule has 5 fully saturated rings. The first kappa shape index (κ1) is 40.2. The smallest absolute Gasteiger partial charge is 0.410 e. The van der Waals surface area contributed by atoms with E-state index in [9.17, 15) is 9.59 Å². The fourth-order valence-corrected chi connectivity index (χ4v) is 10.4. The highest BCUT2D eigenvalue weighted by Crippen LogP contribution is 2.52. The zero-order valence-corrected chi connectivity index (χ0v) is 36.2. The van der Waals surface area contributed by atoms with E-state index >= 15 is 4.79 Å². The predicted molar refractivity (Wildman–Crippen MR) is 231 cm³/mol. The van der Waals surface area contributed by atoms with Gasteiger partial charge in [-0.25, -0.2) is 14.8 Å². The number of anilines is 2. The number of imidazole rings is 1. The van der Waals surface area contributed by atoms with Crippen LogP contribution in [0, 0.1) is 0 Å². The number of pyridine rings is 1. The number of piperidine rings is 3. The molecule has 9 rings (SSSR count). The Bertz CT molecular complexity index is 2060. The molecule has 4 aliphatic heterocycles. The van der Waals surface area contributed by atoms with Crippen LogP contribution in [-0.4, -0.2) is 135 Å². The number of hydrogen-bond donors (Lipinski definition) is 1. The van der Waals surface area contributed by atoms with Crippen LogP contribution in [0.2, 0.25) is 0 Å². The number of carbonyl (C=O) groups excluding carboxylic acids is 3. The van der Waals surface area contributed by atoms with Crippen molar-refractivity contribution >= 4 is 40.4 Å². The van der Waals surface area contributed by atoms with Crippen molar-refractivity contribution in [3.05, 3.63) is 36.2 Å². The monoisotopic (exact) mass is 808 g/mol. The number of fused-ring (bicyclic) bond motifs is 3. The zero-order valence-electron chi connectivity index (χ0n) is 36.2. The number of carbonyl (C=O) groups is 3. The summed E-state index contributed by atoms with van der Waals surface area (Å²) >= 11 is 0. The minimum Gasteiger partial charge on any atom is -0.444 e. The minimum atomic E-state index is -0.601. The molecule has 0 bridgehead atoms. The van der Waals surface area contributed by atoms with Crippen molar-refractivity contribution in [3.63, 3.8) is 0 Å². The molecule has 1 aromatic carbocycles. The first-order chi connectivity index (χ1) is 28.3. The number of amides is 3. The normalized spacial score (nSPS) is 24.2. The topological polar surface area (TPSA) is 119 Å². The molecular weight excluding hydrogens is 743 g/mol. The molecule has 2 aromatic heterocycles. The number of likely N-dealkylation sites (tertiary alicyclic amines) is 3. The van der Waals surface area contributed by atoms with Crippen LogP contribution in [0.3, 0.4) is 0 Å². The molecule has 59 heavy (non-hydrogen) atoms. The Balaban J connectivity index is 0.929. The van der Waals surface area contributed by atoms with E-state index in [4.69, 9.17) is 14.7 Å². The quantitative estimate of drug-likeness (QED) is 0.249. The van der Waals surface area contributed by atoms with Crippen molar-refractivity contribution in [2.24, 2.45) is 0 Å². The number of nitrogens with zero attached hydrogens (tertiary/aromatic N) is 8. The van der Waals surface area contributed by atoms with E-state index in [0.29, 0.717) is 57.6 Å². The standard InChI is InChI=1S/C46H65N9O4/c1-30(2)54-29-47-38-27-37(49-42(41(38)54)48-32-11-12-32)31-10-13-36-39(24-31)55(35-25-34(26-35)52-18-8-7-9-19-52)43(57)46(36)16-22-51(23-17-46)28-40(56)50(6)33-14-20-53(21-15-33)44(58)59-45(3,4)5/h10,13,24,27,29-30,32-35H,7-9,11-12,14-23,25-26,28H2,1-6H3,(H,48,49)/t34-,35+. The summed E-state index contributed by atoms with van der Waals surface area (Å²) in [7, 11) is 1.90. The minimum absolute atomic E-state index is 0.0845. The van der Waals surface area contributed by atoms with Crippen molar-refractivity contribution in [1.29, 1.82) is 0 Å². The molecule has 2 aliphatic carbocycles. The third kappa shape index (κ3) is 7.82. The highest BCUT2D eigenvalue weighted by molar-refractivity contribution is 6.09. The van der Waals surface area contributed by atoms with Crippen LogP contribution < -0.4 is 10.2 Å². The maximum Gasteiger partial charge on any atom is 0.410 e. The molecule has 0 unspecified atom stereocenters. The van der Waals surface area contributed by atoms with Crippen molar-refractivity contribution in [1.82, 2.24) is 34.1 Å². The first-order valence-corrected chi connectivity index (χ1v) is 22.6. The second kappa shape index (κ2) is 15.7. The van der Waals surface area contributed by atoms with E-state index < -0.39 is 11.0 Å². The maximum absolute atomic E-state index is 15.1. The summed E-state index contributed by atoms with van der Waals surface area (Å²) in [5.74, 6) is 1.22. The maximum atomic E-state index is 15.1. The first-order valence-electron chi connectivity index (χ1n) is 22.6.